The Morgan fingerprint density at radius 1 is 1.26 bits per heavy atom. The lowest BCUT2D eigenvalue weighted by molar-refractivity contribution is 0.0536. The molecule has 0 spiro atoms. The summed E-state index contributed by atoms with van der Waals surface area (Å²) in [5.41, 5.74) is 0.153. The number of halogens is 1. The number of benzene rings is 1. The number of likely N-dealkylation sites (tertiary alicyclic amines) is 1. The Kier molecular flexibility index (Phi) is 11.7. The van der Waals surface area contributed by atoms with Crippen molar-refractivity contribution >= 4 is 40.0 Å². The van der Waals surface area contributed by atoms with Gasteiger partial charge in [-0.3, -0.25) is 4.99 Å². The van der Waals surface area contributed by atoms with Gasteiger partial charge >= 0.3 is 0 Å². The quantitative estimate of drug-likeness (QED) is 0.206. The second-order valence-electron chi connectivity index (χ2n) is 8.53. The maximum Gasteiger partial charge on any atom is 0.241 e. The average molecular weight is 569 g/mol. The number of hydrogen-bond donors (Lipinski definition) is 2. The Morgan fingerprint density at radius 3 is 2.61 bits per heavy atom. The van der Waals surface area contributed by atoms with Gasteiger partial charge in [0.15, 0.2) is 5.96 Å². The van der Waals surface area contributed by atoms with Crippen LogP contribution in [-0.2, 0) is 26.0 Å². The van der Waals surface area contributed by atoms with E-state index in [2.05, 4.69) is 19.9 Å². The van der Waals surface area contributed by atoms with Gasteiger partial charge in [0.1, 0.15) is 0 Å². The molecule has 10 heteroatoms. The molecule has 1 atom stereocenters. The van der Waals surface area contributed by atoms with E-state index in [1.807, 2.05) is 32.9 Å². The summed E-state index contributed by atoms with van der Waals surface area (Å²) in [4.78, 5) is 6.86. The van der Waals surface area contributed by atoms with Crippen LogP contribution in [0.25, 0.3) is 0 Å². The molecule has 0 amide bonds. The first kappa shape index (κ1) is 28.1. The molecule has 0 aliphatic carbocycles. The predicted molar refractivity (Wildman–Crippen MR) is 135 cm³/mol. The average Bonchev–Trinajstić information content (AvgIpc) is 3.13. The van der Waals surface area contributed by atoms with Crippen LogP contribution in [-0.4, -0.2) is 71.9 Å². The van der Waals surface area contributed by atoms with Crippen LogP contribution < -0.4 is 10.0 Å². The lowest BCUT2D eigenvalue weighted by atomic mass is 10.1. The maximum absolute atomic E-state index is 12.8. The molecule has 1 aliphatic rings. The zero-order valence-electron chi connectivity index (χ0n) is 19.2. The van der Waals surface area contributed by atoms with Gasteiger partial charge in [0.05, 0.1) is 24.7 Å². The Bertz CT molecular complexity index is 812. The number of sulfonamides is 1. The molecular formula is C21H37IN4O4S. The molecule has 1 aromatic rings. The largest absolute Gasteiger partial charge is 0.382 e. The molecule has 1 heterocycles. The summed E-state index contributed by atoms with van der Waals surface area (Å²) in [6, 6.07) is 7.05. The lowest BCUT2D eigenvalue weighted by Crippen LogP contribution is -2.42. The van der Waals surface area contributed by atoms with Crippen LogP contribution in [0.4, 0.5) is 0 Å². The first-order chi connectivity index (χ1) is 14.2. The molecule has 178 valence electrons. The van der Waals surface area contributed by atoms with Gasteiger partial charge in [0.25, 0.3) is 0 Å². The molecule has 2 rings (SSSR count). The second kappa shape index (κ2) is 12.9. The van der Waals surface area contributed by atoms with E-state index in [-0.39, 0.29) is 28.9 Å². The standard InChI is InChI=1S/C21H36N4O4S.HI/c1-21(2,3)24-30(26,27)19-9-7-6-8-18(19)14-23-20(22-4)25-11-10-17(15-25)16-29-13-12-28-5;/h6-9,17,24H,10-16H2,1-5H3,(H,22,23);1H. The summed E-state index contributed by atoms with van der Waals surface area (Å²) in [5, 5.41) is 3.32. The van der Waals surface area contributed by atoms with E-state index in [4.69, 9.17) is 9.47 Å². The van der Waals surface area contributed by atoms with Crippen LogP contribution in [0, 0.1) is 5.92 Å². The van der Waals surface area contributed by atoms with Crippen LogP contribution in [0.5, 0.6) is 0 Å². The molecular weight excluding hydrogens is 531 g/mol. The highest BCUT2D eigenvalue weighted by Crippen LogP contribution is 2.19. The lowest BCUT2D eigenvalue weighted by Gasteiger charge is -2.24. The summed E-state index contributed by atoms with van der Waals surface area (Å²) in [6.45, 7) is 9.53. The van der Waals surface area contributed by atoms with Crippen LogP contribution in [0.15, 0.2) is 34.2 Å². The highest BCUT2D eigenvalue weighted by atomic mass is 127. The fraction of sp³-hybridized carbons (Fsp3) is 0.667. The van der Waals surface area contributed by atoms with E-state index in [9.17, 15) is 8.42 Å². The van der Waals surface area contributed by atoms with E-state index in [0.29, 0.717) is 37.8 Å². The van der Waals surface area contributed by atoms with Crippen molar-refractivity contribution in [2.24, 2.45) is 10.9 Å². The number of hydrogen-bond acceptors (Lipinski definition) is 5. The molecule has 0 bridgehead atoms. The summed E-state index contributed by atoms with van der Waals surface area (Å²) >= 11 is 0. The molecule has 0 saturated carbocycles. The predicted octanol–water partition coefficient (Wildman–Crippen LogP) is 2.44. The third-order valence-corrected chi connectivity index (χ3v) is 6.58. The summed E-state index contributed by atoms with van der Waals surface area (Å²) in [7, 11) is -0.206. The SMILES string of the molecule is CN=C(NCc1ccccc1S(=O)(=O)NC(C)(C)C)N1CCC(COCCOC)C1.I. The molecule has 1 saturated heterocycles. The molecule has 1 unspecified atom stereocenters. The molecule has 1 fully saturated rings. The van der Waals surface area contributed by atoms with Gasteiger partial charge < -0.3 is 19.7 Å². The zero-order valence-corrected chi connectivity index (χ0v) is 22.3. The van der Waals surface area contributed by atoms with Gasteiger partial charge in [-0.25, -0.2) is 13.1 Å². The Balaban J connectivity index is 0.00000480. The van der Waals surface area contributed by atoms with Gasteiger partial charge in [-0.1, -0.05) is 18.2 Å². The number of nitrogens with one attached hydrogen (secondary N) is 2. The van der Waals surface area contributed by atoms with Crippen molar-refractivity contribution in [2.75, 3.05) is 47.1 Å². The molecule has 2 N–H and O–H groups in total. The summed E-state index contributed by atoms with van der Waals surface area (Å²) in [6.07, 6.45) is 1.04. The highest BCUT2D eigenvalue weighted by Gasteiger charge is 2.26. The highest BCUT2D eigenvalue weighted by molar-refractivity contribution is 14.0. The van der Waals surface area contributed by atoms with Gasteiger partial charge in [0, 0.05) is 45.2 Å². The van der Waals surface area contributed by atoms with Gasteiger partial charge in [0.2, 0.25) is 10.0 Å². The first-order valence-corrected chi connectivity index (χ1v) is 11.8. The van der Waals surface area contributed by atoms with E-state index < -0.39 is 15.6 Å². The Labute approximate surface area is 204 Å². The van der Waals surface area contributed by atoms with Crippen molar-refractivity contribution in [1.82, 2.24) is 14.9 Å². The molecule has 8 nitrogen and oxygen atoms in total. The minimum atomic E-state index is -3.62. The summed E-state index contributed by atoms with van der Waals surface area (Å²) in [5.74, 6) is 1.22. The van der Waals surface area contributed by atoms with Crippen molar-refractivity contribution in [1.29, 1.82) is 0 Å². The molecule has 1 aromatic carbocycles. The fourth-order valence-corrected chi connectivity index (χ4v) is 5.09. The number of nitrogens with zero attached hydrogens (tertiary/aromatic N) is 2. The normalized spacial score (nSPS) is 17.5. The topological polar surface area (TPSA) is 92.3 Å². The van der Waals surface area contributed by atoms with Crippen LogP contribution in [0.3, 0.4) is 0 Å². The van der Waals surface area contributed by atoms with Crippen LogP contribution in [0.1, 0.15) is 32.8 Å². The zero-order chi connectivity index (χ0) is 22.2. The van der Waals surface area contributed by atoms with Crippen molar-refractivity contribution in [2.45, 2.75) is 44.2 Å². The number of rotatable bonds is 9. The van der Waals surface area contributed by atoms with Gasteiger partial charge in [-0.05, 0) is 38.8 Å². The third kappa shape index (κ3) is 9.21. The fourth-order valence-electron chi connectivity index (χ4n) is 3.43. The van der Waals surface area contributed by atoms with E-state index in [1.54, 1.807) is 26.3 Å². The Morgan fingerprint density at radius 2 is 1.97 bits per heavy atom. The number of methoxy groups -OCH3 is 1. The number of ether oxygens (including phenoxy) is 2. The van der Waals surface area contributed by atoms with Crippen molar-refractivity contribution in [3.8, 4) is 0 Å². The number of guanidine groups is 1. The van der Waals surface area contributed by atoms with Crippen LogP contribution >= 0.6 is 24.0 Å². The van der Waals surface area contributed by atoms with Crippen molar-refractivity contribution in [3.05, 3.63) is 29.8 Å². The third-order valence-electron chi connectivity index (χ3n) is 4.72. The second-order valence-corrected chi connectivity index (χ2v) is 10.2. The van der Waals surface area contributed by atoms with Crippen LogP contribution in [0.2, 0.25) is 0 Å². The van der Waals surface area contributed by atoms with Crippen molar-refractivity contribution < 1.29 is 17.9 Å². The number of aliphatic imine (C=N–C) groups is 1. The minimum absolute atomic E-state index is 0. The van der Waals surface area contributed by atoms with E-state index in [0.717, 1.165) is 25.5 Å². The van der Waals surface area contributed by atoms with E-state index >= 15 is 0 Å². The van der Waals surface area contributed by atoms with E-state index in [1.165, 1.54) is 0 Å². The molecule has 0 radical (unpaired) electrons. The molecule has 1 aliphatic heterocycles. The maximum atomic E-state index is 12.8. The van der Waals surface area contributed by atoms with Gasteiger partial charge in [-0.15, -0.1) is 24.0 Å². The summed E-state index contributed by atoms with van der Waals surface area (Å²) < 4.78 is 39.0. The Hall–Kier alpha value is -0.950. The first-order valence-electron chi connectivity index (χ1n) is 10.3. The minimum Gasteiger partial charge on any atom is -0.382 e. The smallest absolute Gasteiger partial charge is 0.241 e. The molecule has 31 heavy (non-hydrogen) atoms. The monoisotopic (exact) mass is 568 g/mol. The van der Waals surface area contributed by atoms with Gasteiger partial charge in [-0.2, -0.15) is 0 Å². The molecule has 0 aromatic heterocycles. The van der Waals surface area contributed by atoms with Crippen molar-refractivity contribution in [3.63, 3.8) is 0 Å².